The van der Waals surface area contributed by atoms with E-state index < -0.39 is 0 Å². The SMILES string of the molecule is CC(C)c1ccc(-c2c(C(=O)Nc3ccc(N4CCN(Cc5nccs5)CC4)cc3)cccc2C(C)C)cc1. The molecule has 202 valence electrons. The van der Waals surface area contributed by atoms with Crippen LogP contribution in [0.25, 0.3) is 11.1 Å². The van der Waals surface area contributed by atoms with Crippen LogP contribution in [-0.2, 0) is 6.54 Å². The second-order valence-corrected chi connectivity index (χ2v) is 11.9. The number of carbonyl (C=O) groups is 1. The standard InChI is InChI=1S/C33H38N4OS/c1-23(2)25-8-10-26(11-9-25)32-29(24(3)4)6-5-7-30(32)33(38)35-27-12-14-28(15-13-27)37-19-17-36(18-20-37)22-31-34-16-21-39-31/h5-16,21,23-24H,17-20,22H2,1-4H3,(H,35,38). The van der Waals surface area contributed by atoms with Gasteiger partial charge >= 0.3 is 0 Å². The van der Waals surface area contributed by atoms with Crippen LogP contribution >= 0.6 is 11.3 Å². The van der Waals surface area contributed by atoms with Crippen LogP contribution in [0.3, 0.4) is 0 Å². The highest BCUT2D eigenvalue weighted by atomic mass is 32.1. The largest absolute Gasteiger partial charge is 0.369 e. The molecule has 1 aliphatic rings. The maximum absolute atomic E-state index is 13.6. The van der Waals surface area contributed by atoms with Crippen LogP contribution in [0.2, 0.25) is 0 Å². The minimum absolute atomic E-state index is 0.0796. The molecule has 1 N–H and O–H groups in total. The molecule has 0 bridgehead atoms. The molecular formula is C33H38N4OS. The number of rotatable bonds is 8. The number of nitrogens with zero attached hydrogens (tertiary/aromatic N) is 3. The van der Waals surface area contributed by atoms with E-state index in [9.17, 15) is 4.79 Å². The van der Waals surface area contributed by atoms with Crippen molar-refractivity contribution in [2.24, 2.45) is 0 Å². The van der Waals surface area contributed by atoms with Crippen LogP contribution in [-0.4, -0.2) is 42.0 Å². The van der Waals surface area contributed by atoms with Gasteiger partial charge in [0.1, 0.15) is 5.01 Å². The second kappa shape index (κ2) is 12.1. The lowest BCUT2D eigenvalue weighted by Crippen LogP contribution is -2.45. The molecule has 4 aromatic rings. The molecule has 0 radical (unpaired) electrons. The van der Waals surface area contributed by atoms with Crippen LogP contribution in [0, 0.1) is 0 Å². The fourth-order valence-corrected chi connectivity index (χ4v) is 5.90. The van der Waals surface area contributed by atoms with E-state index in [0.29, 0.717) is 17.4 Å². The van der Waals surface area contributed by atoms with Crippen LogP contribution in [0.15, 0.2) is 78.3 Å². The molecule has 5 rings (SSSR count). The molecule has 1 fully saturated rings. The van der Waals surface area contributed by atoms with Gasteiger partial charge in [-0.25, -0.2) is 4.98 Å². The number of hydrogen-bond acceptors (Lipinski definition) is 5. The summed E-state index contributed by atoms with van der Waals surface area (Å²) in [6, 6.07) is 23.0. The van der Waals surface area contributed by atoms with E-state index in [1.807, 2.05) is 35.8 Å². The monoisotopic (exact) mass is 538 g/mol. The Labute approximate surface area is 236 Å². The van der Waals surface area contributed by atoms with Gasteiger partial charge in [-0.3, -0.25) is 9.69 Å². The second-order valence-electron chi connectivity index (χ2n) is 10.9. The number of nitrogens with one attached hydrogen (secondary N) is 1. The maximum atomic E-state index is 13.6. The summed E-state index contributed by atoms with van der Waals surface area (Å²) in [6.45, 7) is 13.7. The first kappa shape index (κ1) is 27.1. The molecule has 6 heteroatoms. The summed E-state index contributed by atoms with van der Waals surface area (Å²) in [6.07, 6.45) is 1.88. The van der Waals surface area contributed by atoms with Crippen molar-refractivity contribution in [1.29, 1.82) is 0 Å². The normalized spacial score (nSPS) is 14.3. The van der Waals surface area contributed by atoms with Gasteiger partial charge in [0.05, 0.1) is 6.54 Å². The van der Waals surface area contributed by atoms with E-state index in [1.165, 1.54) is 21.8 Å². The van der Waals surface area contributed by atoms with Crippen LogP contribution in [0.4, 0.5) is 11.4 Å². The molecule has 1 saturated heterocycles. The highest BCUT2D eigenvalue weighted by molar-refractivity contribution is 7.09. The number of carbonyl (C=O) groups excluding carboxylic acids is 1. The number of amides is 1. The Morgan fingerprint density at radius 1 is 0.897 bits per heavy atom. The summed E-state index contributed by atoms with van der Waals surface area (Å²) in [4.78, 5) is 22.9. The minimum atomic E-state index is -0.0796. The molecule has 0 saturated carbocycles. The Kier molecular flexibility index (Phi) is 8.44. The predicted octanol–water partition coefficient (Wildman–Crippen LogP) is 7.63. The van der Waals surface area contributed by atoms with Crippen LogP contribution < -0.4 is 10.2 Å². The number of anilines is 2. The third-order valence-corrected chi connectivity index (χ3v) is 8.30. The zero-order chi connectivity index (χ0) is 27.4. The Hall–Kier alpha value is -3.48. The molecular weight excluding hydrogens is 500 g/mol. The zero-order valence-corrected chi connectivity index (χ0v) is 24.2. The van der Waals surface area contributed by atoms with E-state index in [1.54, 1.807) is 11.3 Å². The lowest BCUT2D eigenvalue weighted by atomic mass is 9.87. The highest BCUT2D eigenvalue weighted by Gasteiger charge is 2.20. The van der Waals surface area contributed by atoms with Gasteiger partial charge in [0.15, 0.2) is 0 Å². The quantitative estimate of drug-likeness (QED) is 0.251. The number of hydrogen-bond donors (Lipinski definition) is 1. The first-order valence-corrected chi connectivity index (χ1v) is 14.8. The van der Waals surface area contributed by atoms with Crippen molar-refractivity contribution in [3.05, 3.63) is 100 Å². The summed E-state index contributed by atoms with van der Waals surface area (Å²) < 4.78 is 0. The number of thiazole rings is 1. The van der Waals surface area contributed by atoms with Crippen molar-refractivity contribution in [3.63, 3.8) is 0 Å². The lowest BCUT2D eigenvalue weighted by Gasteiger charge is -2.35. The summed E-state index contributed by atoms with van der Waals surface area (Å²) >= 11 is 1.72. The molecule has 1 aliphatic heterocycles. The third-order valence-electron chi connectivity index (χ3n) is 7.53. The van der Waals surface area contributed by atoms with Gasteiger partial charge < -0.3 is 10.2 Å². The Bertz CT molecular complexity index is 1370. The molecule has 0 atom stereocenters. The smallest absolute Gasteiger partial charge is 0.256 e. The van der Waals surface area contributed by atoms with Crippen LogP contribution in [0.5, 0.6) is 0 Å². The van der Waals surface area contributed by atoms with E-state index in [4.69, 9.17) is 0 Å². The van der Waals surface area contributed by atoms with E-state index in [0.717, 1.165) is 49.5 Å². The third kappa shape index (κ3) is 6.40. The fraction of sp³-hybridized carbons (Fsp3) is 0.333. The van der Waals surface area contributed by atoms with Crippen molar-refractivity contribution in [1.82, 2.24) is 9.88 Å². The molecule has 3 aromatic carbocycles. The molecule has 2 heterocycles. The molecule has 0 spiro atoms. The summed E-state index contributed by atoms with van der Waals surface area (Å²) in [5.74, 6) is 0.695. The van der Waals surface area contributed by atoms with Crippen molar-refractivity contribution in [2.75, 3.05) is 36.4 Å². The number of benzene rings is 3. The van der Waals surface area contributed by atoms with Gasteiger partial charge in [-0.2, -0.15) is 0 Å². The van der Waals surface area contributed by atoms with Crippen molar-refractivity contribution < 1.29 is 4.79 Å². The summed E-state index contributed by atoms with van der Waals surface area (Å²) in [7, 11) is 0. The molecule has 1 amide bonds. The van der Waals surface area contributed by atoms with Gasteiger partial charge in [-0.1, -0.05) is 64.1 Å². The average Bonchev–Trinajstić information content (AvgIpc) is 3.46. The number of aromatic nitrogens is 1. The van der Waals surface area contributed by atoms with Gasteiger partial charge in [0.2, 0.25) is 0 Å². The average molecular weight is 539 g/mol. The highest BCUT2D eigenvalue weighted by Crippen LogP contribution is 2.34. The zero-order valence-electron chi connectivity index (χ0n) is 23.4. The first-order valence-electron chi connectivity index (χ1n) is 13.9. The van der Waals surface area contributed by atoms with Gasteiger partial charge in [-0.05, 0) is 64.4 Å². The molecule has 39 heavy (non-hydrogen) atoms. The number of piperazine rings is 1. The van der Waals surface area contributed by atoms with Crippen molar-refractivity contribution >= 4 is 28.6 Å². The topological polar surface area (TPSA) is 48.5 Å². The maximum Gasteiger partial charge on any atom is 0.256 e. The Morgan fingerprint density at radius 3 is 2.23 bits per heavy atom. The van der Waals surface area contributed by atoms with E-state index in [-0.39, 0.29) is 5.91 Å². The lowest BCUT2D eigenvalue weighted by molar-refractivity contribution is 0.102. The van der Waals surface area contributed by atoms with Crippen molar-refractivity contribution in [3.8, 4) is 11.1 Å². The summed E-state index contributed by atoms with van der Waals surface area (Å²) in [5, 5.41) is 6.37. The molecule has 0 unspecified atom stereocenters. The molecule has 1 aromatic heterocycles. The minimum Gasteiger partial charge on any atom is -0.369 e. The fourth-order valence-electron chi connectivity index (χ4n) is 5.24. The Balaban J connectivity index is 1.28. The van der Waals surface area contributed by atoms with Crippen LogP contribution in [0.1, 0.15) is 66.0 Å². The van der Waals surface area contributed by atoms with Gasteiger partial charge in [0.25, 0.3) is 5.91 Å². The van der Waals surface area contributed by atoms with Crippen molar-refractivity contribution in [2.45, 2.75) is 46.1 Å². The van der Waals surface area contributed by atoms with E-state index >= 15 is 0 Å². The molecule has 5 nitrogen and oxygen atoms in total. The van der Waals surface area contributed by atoms with Gasteiger partial charge in [0, 0.05) is 54.7 Å². The first-order chi connectivity index (χ1) is 18.9. The van der Waals surface area contributed by atoms with E-state index in [2.05, 4.69) is 90.3 Å². The van der Waals surface area contributed by atoms with Gasteiger partial charge in [-0.15, -0.1) is 11.3 Å². The summed E-state index contributed by atoms with van der Waals surface area (Å²) in [5.41, 5.74) is 7.29. The predicted molar refractivity (Wildman–Crippen MR) is 164 cm³/mol. The molecule has 0 aliphatic carbocycles. The Morgan fingerprint density at radius 2 is 1.62 bits per heavy atom.